The van der Waals surface area contributed by atoms with Gasteiger partial charge in [-0.05, 0) is 37.0 Å². The average molecular weight is 254 g/mol. The normalized spacial score (nSPS) is 23.6. The topological polar surface area (TPSA) is 46.3 Å². The summed E-state index contributed by atoms with van der Waals surface area (Å²) in [4.78, 5) is 14.2. The van der Waals surface area contributed by atoms with Crippen molar-refractivity contribution in [2.45, 2.75) is 65.8 Å². The molecule has 3 nitrogen and oxygen atoms in total. The summed E-state index contributed by atoms with van der Waals surface area (Å²) in [7, 11) is 0. The number of hydrogen-bond acceptors (Lipinski definition) is 2. The molecule has 0 radical (unpaired) electrons. The third-order valence-corrected chi connectivity index (χ3v) is 3.68. The van der Waals surface area contributed by atoms with Crippen LogP contribution in [0.5, 0.6) is 0 Å². The molecule has 0 aromatic carbocycles. The van der Waals surface area contributed by atoms with Gasteiger partial charge in [0, 0.05) is 25.6 Å². The highest BCUT2D eigenvalue weighted by Crippen LogP contribution is 2.22. The first-order valence-corrected chi connectivity index (χ1v) is 7.31. The molecular formula is C15H30N2O. The molecule has 1 heterocycles. The lowest BCUT2D eigenvalue weighted by atomic mass is 9.87. The van der Waals surface area contributed by atoms with E-state index in [1.54, 1.807) is 0 Å². The summed E-state index contributed by atoms with van der Waals surface area (Å²) in [6, 6.07) is -0.00169. The lowest BCUT2D eigenvalue weighted by molar-refractivity contribution is -0.131. The van der Waals surface area contributed by atoms with Crippen LogP contribution < -0.4 is 5.73 Å². The number of carbonyl (C=O) groups excluding carboxylic acids is 1. The van der Waals surface area contributed by atoms with Crippen molar-refractivity contribution in [3.63, 3.8) is 0 Å². The Labute approximate surface area is 112 Å². The van der Waals surface area contributed by atoms with Crippen LogP contribution in [-0.4, -0.2) is 29.9 Å². The maximum Gasteiger partial charge on any atom is 0.224 e. The monoisotopic (exact) mass is 254 g/mol. The van der Waals surface area contributed by atoms with E-state index in [2.05, 4.69) is 27.7 Å². The van der Waals surface area contributed by atoms with Crippen LogP contribution in [-0.2, 0) is 4.79 Å². The number of amides is 1. The summed E-state index contributed by atoms with van der Waals surface area (Å²) < 4.78 is 0. The highest BCUT2D eigenvalue weighted by Gasteiger charge is 2.22. The molecule has 0 saturated carbocycles. The van der Waals surface area contributed by atoms with E-state index in [0.29, 0.717) is 6.42 Å². The fourth-order valence-electron chi connectivity index (χ4n) is 2.72. The van der Waals surface area contributed by atoms with E-state index < -0.39 is 0 Å². The van der Waals surface area contributed by atoms with Crippen LogP contribution in [0, 0.1) is 11.3 Å². The van der Waals surface area contributed by atoms with Crippen LogP contribution in [0.2, 0.25) is 0 Å². The molecule has 18 heavy (non-hydrogen) atoms. The van der Waals surface area contributed by atoms with Gasteiger partial charge in [-0.15, -0.1) is 0 Å². The van der Waals surface area contributed by atoms with Crippen LogP contribution >= 0.6 is 0 Å². The molecule has 0 aliphatic carbocycles. The number of hydrogen-bond donors (Lipinski definition) is 1. The Morgan fingerprint density at radius 1 is 1.33 bits per heavy atom. The van der Waals surface area contributed by atoms with Crippen molar-refractivity contribution in [2.24, 2.45) is 17.1 Å². The summed E-state index contributed by atoms with van der Waals surface area (Å²) in [6.45, 7) is 10.6. The Bertz CT molecular complexity index is 270. The molecule has 1 aliphatic heterocycles. The summed E-state index contributed by atoms with van der Waals surface area (Å²) in [6.07, 6.45) is 4.94. The van der Waals surface area contributed by atoms with Gasteiger partial charge in [-0.2, -0.15) is 0 Å². The van der Waals surface area contributed by atoms with Gasteiger partial charge in [0.2, 0.25) is 5.91 Å². The molecule has 1 fully saturated rings. The van der Waals surface area contributed by atoms with Gasteiger partial charge in [-0.3, -0.25) is 4.79 Å². The van der Waals surface area contributed by atoms with Crippen LogP contribution in [0.4, 0.5) is 0 Å². The van der Waals surface area contributed by atoms with Crippen molar-refractivity contribution in [3.05, 3.63) is 0 Å². The Balaban J connectivity index is 2.39. The molecule has 3 heteroatoms. The predicted octanol–water partition coefficient (Wildman–Crippen LogP) is 2.79. The minimum Gasteiger partial charge on any atom is -0.343 e. The SMILES string of the molecule is CC1CCCN(C(=O)CC(N)CC(C)(C)C)CC1. The third-order valence-electron chi connectivity index (χ3n) is 3.68. The standard InChI is InChI=1S/C15H30N2O/c1-12-6-5-8-17(9-7-12)14(18)10-13(16)11-15(2,3)4/h12-13H,5-11,16H2,1-4H3. The zero-order chi connectivity index (χ0) is 13.8. The molecule has 0 aromatic rings. The van der Waals surface area contributed by atoms with Gasteiger partial charge in [0.25, 0.3) is 0 Å². The second-order valence-corrected chi connectivity index (χ2v) is 7.15. The zero-order valence-corrected chi connectivity index (χ0v) is 12.5. The highest BCUT2D eigenvalue weighted by atomic mass is 16.2. The quantitative estimate of drug-likeness (QED) is 0.842. The van der Waals surface area contributed by atoms with Crippen molar-refractivity contribution in [1.29, 1.82) is 0 Å². The minimum atomic E-state index is -0.00169. The number of nitrogens with zero attached hydrogens (tertiary/aromatic N) is 1. The summed E-state index contributed by atoms with van der Waals surface area (Å²) in [5.74, 6) is 1.01. The first-order valence-electron chi connectivity index (χ1n) is 7.31. The van der Waals surface area contributed by atoms with Crippen LogP contribution in [0.3, 0.4) is 0 Å². The van der Waals surface area contributed by atoms with Crippen molar-refractivity contribution >= 4 is 5.91 Å². The molecule has 1 saturated heterocycles. The Hall–Kier alpha value is -0.570. The van der Waals surface area contributed by atoms with E-state index in [4.69, 9.17) is 5.73 Å². The minimum absolute atomic E-state index is 0.00169. The van der Waals surface area contributed by atoms with Gasteiger partial charge in [-0.1, -0.05) is 27.7 Å². The largest absolute Gasteiger partial charge is 0.343 e. The molecule has 0 aromatic heterocycles. The van der Waals surface area contributed by atoms with Crippen LogP contribution in [0.1, 0.15) is 59.8 Å². The summed E-state index contributed by atoms with van der Waals surface area (Å²) in [5.41, 5.74) is 6.29. The zero-order valence-electron chi connectivity index (χ0n) is 12.5. The number of rotatable bonds is 3. The number of nitrogens with two attached hydrogens (primary N) is 1. The fraction of sp³-hybridized carbons (Fsp3) is 0.933. The van der Waals surface area contributed by atoms with Crippen molar-refractivity contribution < 1.29 is 4.79 Å². The van der Waals surface area contributed by atoms with Crippen molar-refractivity contribution in [1.82, 2.24) is 4.90 Å². The van der Waals surface area contributed by atoms with Gasteiger partial charge >= 0.3 is 0 Å². The van der Waals surface area contributed by atoms with Crippen molar-refractivity contribution in [3.8, 4) is 0 Å². The van der Waals surface area contributed by atoms with Gasteiger partial charge in [-0.25, -0.2) is 0 Å². The van der Waals surface area contributed by atoms with Gasteiger partial charge < -0.3 is 10.6 Å². The van der Waals surface area contributed by atoms with Gasteiger partial charge in [0.1, 0.15) is 0 Å². The van der Waals surface area contributed by atoms with Crippen molar-refractivity contribution in [2.75, 3.05) is 13.1 Å². The van der Waals surface area contributed by atoms with Gasteiger partial charge in [0.15, 0.2) is 0 Å². The fourth-order valence-corrected chi connectivity index (χ4v) is 2.72. The highest BCUT2D eigenvalue weighted by molar-refractivity contribution is 5.76. The average Bonchev–Trinajstić information content (AvgIpc) is 2.39. The first kappa shape index (κ1) is 15.5. The van der Waals surface area contributed by atoms with Gasteiger partial charge in [0.05, 0.1) is 0 Å². The summed E-state index contributed by atoms with van der Waals surface area (Å²) in [5, 5.41) is 0. The lowest BCUT2D eigenvalue weighted by Crippen LogP contribution is -2.37. The lowest BCUT2D eigenvalue weighted by Gasteiger charge is -2.26. The molecule has 1 rings (SSSR count). The van der Waals surface area contributed by atoms with Crippen LogP contribution in [0.25, 0.3) is 0 Å². The Morgan fingerprint density at radius 3 is 2.61 bits per heavy atom. The van der Waals surface area contributed by atoms with Crippen LogP contribution in [0.15, 0.2) is 0 Å². The molecule has 2 N–H and O–H groups in total. The summed E-state index contributed by atoms with van der Waals surface area (Å²) >= 11 is 0. The second kappa shape index (κ2) is 6.55. The van der Waals surface area contributed by atoms with E-state index in [1.165, 1.54) is 6.42 Å². The Morgan fingerprint density at radius 2 is 2.00 bits per heavy atom. The Kier molecular flexibility index (Phi) is 5.64. The first-order chi connectivity index (χ1) is 8.28. The second-order valence-electron chi connectivity index (χ2n) is 7.15. The van der Waals surface area contributed by atoms with E-state index in [0.717, 1.165) is 38.3 Å². The van der Waals surface area contributed by atoms with E-state index >= 15 is 0 Å². The predicted molar refractivity (Wildman–Crippen MR) is 76.3 cm³/mol. The molecule has 106 valence electrons. The molecule has 0 spiro atoms. The maximum atomic E-state index is 12.2. The molecule has 2 unspecified atom stereocenters. The smallest absolute Gasteiger partial charge is 0.224 e. The van der Waals surface area contributed by atoms with E-state index in [-0.39, 0.29) is 17.4 Å². The third kappa shape index (κ3) is 5.85. The molecule has 1 aliphatic rings. The maximum absolute atomic E-state index is 12.2. The number of likely N-dealkylation sites (tertiary alicyclic amines) is 1. The van der Waals surface area contributed by atoms with E-state index in [1.807, 2.05) is 4.90 Å². The molecule has 0 bridgehead atoms. The molecule has 2 atom stereocenters. The molecule has 1 amide bonds. The molecular weight excluding hydrogens is 224 g/mol. The van der Waals surface area contributed by atoms with E-state index in [9.17, 15) is 4.79 Å². The number of carbonyl (C=O) groups is 1.